The van der Waals surface area contributed by atoms with Gasteiger partial charge in [0.2, 0.25) is 0 Å². The van der Waals surface area contributed by atoms with Crippen LogP contribution in [0.3, 0.4) is 0 Å². The molecule has 0 bridgehead atoms. The number of benzene rings is 21. The average Bonchev–Trinajstić information content (AvgIpc) is 1.54. The van der Waals surface area contributed by atoms with Crippen molar-refractivity contribution in [3.8, 4) is 112 Å². The van der Waals surface area contributed by atoms with E-state index in [1.807, 2.05) is 60.7 Å². The van der Waals surface area contributed by atoms with Gasteiger partial charge in [0.15, 0.2) is 0 Å². The van der Waals surface area contributed by atoms with Gasteiger partial charge in [-0.25, -0.2) is 15.0 Å². The first-order valence-corrected chi connectivity index (χ1v) is 47.5. The summed E-state index contributed by atoms with van der Waals surface area (Å²) in [6.07, 6.45) is 0. The first-order valence-electron chi connectivity index (χ1n) is 47.5. The molecule has 0 atom stereocenters. The van der Waals surface area contributed by atoms with Crippen molar-refractivity contribution in [2.75, 3.05) is 0 Å². The van der Waals surface area contributed by atoms with Crippen LogP contribution in [-0.2, 0) is 0 Å². The van der Waals surface area contributed by atoms with E-state index in [4.69, 9.17) is 15.0 Å². The molecule has 0 amide bonds. The third kappa shape index (κ3) is 21.4. The highest BCUT2D eigenvalue weighted by Crippen LogP contribution is 2.48. The molecule has 3 heterocycles. The van der Waals surface area contributed by atoms with Crippen LogP contribution in [0, 0.1) is 55.4 Å². The van der Waals surface area contributed by atoms with Gasteiger partial charge in [-0.2, -0.15) is 0 Å². The number of rotatable bonds is 8. The van der Waals surface area contributed by atoms with Gasteiger partial charge in [0, 0.05) is 38.4 Å². The van der Waals surface area contributed by atoms with Crippen molar-refractivity contribution in [2.24, 2.45) is 0 Å². The smallest absolute Gasteiger partial charge is 0.0787 e. The first-order chi connectivity index (χ1) is 67.8. The lowest BCUT2D eigenvalue weighted by atomic mass is 9.93. The minimum Gasteiger partial charge on any atom is -0.248 e. The maximum atomic E-state index is 4.98. The molecule has 1 aliphatic rings. The quantitative estimate of drug-likeness (QED) is 0.142. The molecule has 664 valence electrons. The fraction of sp³-hybridized carbons (Fsp3) is 0.0593. The van der Waals surface area contributed by atoms with Crippen molar-refractivity contribution >= 4 is 75.7 Å². The molecule has 3 heteroatoms. The topological polar surface area (TPSA) is 38.7 Å². The van der Waals surface area contributed by atoms with E-state index in [1.165, 1.54) is 176 Å². The second kappa shape index (κ2) is 43.7. The Labute approximate surface area is 812 Å². The normalized spacial score (nSPS) is 10.8. The predicted octanol–water partition coefficient (Wildman–Crippen LogP) is 37.2. The van der Waals surface area contributed by atoms with Gasteiger partial charge in [0.1, 0.15) is 0 Å². The van der Waals surface area contributed by atoms with Crippen molar-refractivity contribution in [1.82, 2.24) is 15.0 Å². The fourth-order valence-corrected chi connectivity index (χ4v) is 18.5. The van der Waals surface area contributed by atoms with Gasteiger partial charge < -0.3 is 0 Å². The number of fused-ring (bicyclic) bond motifs is 12. The van der Waals surface area contributed by atoms with E-state index in [2.05, 4.69) is 510 Å². The van der Waals surface area contributed by atoms with Crippen molar-refractivity contribution in [1.29, 1.82) is 0 Å². The van der Waals surface area contributed by atoms with E-state index in [-0.39, 0.29) is 0 Å². The molecule has 0 radical (unpaired) electrons. The lowest BCUT2D eigenvalue weighted by molar-refractivity contribution is 1.34. The van der Waals surface area contributed by atoms with E-state index in [9.17, 15) is 0 Å². The Hall–Kier alpha value is -17.1. The highest BCUT2D eigenvalue weighted by Gasteiger charge is 2.22. The Kier molecular flexibility index (Phi) is 28.9. The molecule has 0 spiro atoms. The van der Waals surface area contributed by atoms with Crippen LogP contribution in [0.1, 0.15) is 44.5 Å². The zero-order valence-electron chi connectivity index (χ0n) is 79.4. The third-order valence-corrected chi connectivity index (χ3v) is 25.4. The van der Waals surface area contributed by atoms with E-state index in [1.54, 1.807) is 0 Å². The van der Waals surface area contributed by atoms with Crippen LogP contribution in [-0.4, -0.2) is 15.0 Å². The minimum atomic E-state index is 1.02. The largest absolute Gasteiger partial charge is 0.248 e. The molecule has 0 unspecified atom stereocenters. The number of aromatic nitrogens is 3. The van der Waals surface area contributed by atoms with Crippen molar-refractivity contribution in [2.45, 2.75) is 55.4 Å². The number of hydrogen-bond donors (Lipinski definition) is 0. The average molecular weight is 1770 g/mol. The molecule has 3 nitrogen and oxygen atoms in total. The second-order valence-corrected chi connectivity index (χ2v) is 35.2. The summed E-state index contributed by atoms with van der Waals surface area (Å²) < 4.78 is 0. The van der Waals surface area contributed by atoms with Gasteiger partial charge in [-0.3, -0.25) is 0 Å². The van der Waals surface area contributed by atoms with Gasteiger partial charge in [0.05, 0.1) is 33.8 Å². The number of aryl methyl sites for hydroxylation is 8. The molecule has 25 rings (SSSR count). The predicted molar refractivity (Wildman–Crippen MR) is 593 cm³/mol. The second-order valence-electron chi connectivity index (χ2n) is 35.2. The Morgan fingerprint density at radius 2 is 0.486 bits per heavy atom. The molecule has 24 aromatic rings. The Morgan fingerprint density at radius 3 is 0.978 bits per heavy atom. The van der Waals surface area contributed by atoms with E-state index in [0.29, 0.717) is 0 Å². The number of para-hydroxylation sites is 1. The first kappa shape index (κ1) is 91.4. The lowest BCUT2D eigenvalue weighted by Gasteiger charge is -2.12. The SMILES string of the molecule is Cc1cc(-c2ccccc2)cc(-c2ccccc2)c1.Cc1ccc2c3c(cccc13)-c1ccccc1-2.Cc1ccc2c3ccccc3c3ccccc3c2c1.Cc1cccc2c(-c3ccccc3)cc(-c3ccccc3)nc12.Cc1cccc2c(-c3ccccc3)nc(-c3ccccc3)cc12.Cc1cccc2nc(-c3ccccc3)cc(-c3ccccc3)c12.Cc1ccccc1.Cc1ccccc1. The Morgan fingerprint density at radius 1 is 0.138 bits per heavy atom. The Bertz CT molecular complexity index is 7940. The maximum Gasteiger partial charge on any atom is 0.0787 e. The summed E-state index contributed by atoms with van der Waals surface area (Å²) in [5, 5.41) is 15.8. The highest BCUT2D eigenvalue weighted by atomic mass is 14.7. The minimum absolute atomic E-state index is 1.02. The number of pyridine rings is 3. The van der Waals surface area contributed by atoms with Crippen LogP contribution in [0.5, 0.6) is 0 Å². The summed E-state index contributed by atoms with van der Waals surface area (Å²) >= 11 is 0. The molecule has 3 aromatic heterocycles. The van der Waals surface area contributed by atoms with Crippen LogP contribution in [0.4, 0.5) is 0 Å². The molecule has 0 N–H and O–H groups in total. The van der Waals surface area contributed by atoms with Gasteiger partial charge in [0.25, 0.3) is 0 Å². The molecule has 21 aromatic carbocycles. The van der Waals surface area contributed by atoms with Crippen LogP contribution in [0.25, 0.3) is 187 Å². The van der Waals surface area contributed by atoms with E-state index in [0.717, 1.165) is 56.1 Å². The fourth-order valence-electron chi connectivity index (χ4n) is 18.5. The van der Waals surface area contributed by atoms with Crippen molar-refractivity contribution in [3.63, 3.8) is 0 Å². The van der Waals surface area contributed by atoms with Gasteiger partial charge in [-0.05, 0) is 229 Å². The van der Waals surface area contributed by atoms with Crippen LogP contribution >= 0.6 is 0 Å². The van der Waals surface area contributed by atoms with Gasteiger partial charge in [-0.1, -0.05) is 502 Å². The zero-order valence-corrected chi connectivity index (χ0v) is 79.4. The lowest BCUT2D eigenvalue weighted by Crippen LogP contribution is -1.92. The molecule has 1 aliphatic carbocycles. The molecule has 138 heavy (non-hydrogen) atoms. The maximum absolute atomic E-state index is 4.98. The summed E-state index contributed by atoms with van der Waals surface area (Å²) in [6, 6.07) is 181. The Balaban J connectivity index is 0.000000107. The van der Waals surface area contributed by atoms with E-state index >= 15 is 0 Å². The standard InChI is InChI=1S/3C22H17N.C19H14.C19H16.C17H12.2C7H8/c1-16-9-8-14-20-22(16)19(17-10-4-2-5-11-17)15-21(23-20)18-12-6-3-7-13-18;1-16-9-8-14-19-20(17-10-4-2-5-11-17)15-21(23-22(16)19)18-12-6-3-7-13-18;1-16-9-8-14-19-20(16)15-21(17-10-4-2-5-11-17)23-22(19)18-12-6-3-7-13-18;1-13-10-11-18-16-8-3-2-6-14(16)15-7-4-5-9-17(15)19(18)12-13;1-15-12-18(16-8-4-2-5-9-16)14-19(13-15)17-10-6-3-7-11-17;1-11-9-10-16-14-6-3-2-5-13(14)15-8-4-7-12(11)17(15)16;2*1-7-5-3-2-4-6-7/h3*2-15H,1H3;2-12H,1H3;2-14H,1H3;2-10H,1H3;2*2-6H,1H3. The summed E-state index contributed by atoms with van der Waals surface area (Å²) in [7, 11) is 0. The molecular weight excluding hydrogens is 1660 g/mol. The summed E-state index contributed by atoms with van der Waals surface area (Å²) in [5.41, 5.74) is 36.7. The molecule has 0 fully saturated rings. The summed E-state index contributed by atoms with van der Waals surface area (Å²) in [6.45, 7) is 17.1. The van der Waals surface area contributed by atoms with Crippen molar-refractivity contribution in [3.05, 3.63) is 560 Å². The molecule has 0 aliphatic heterocycles. The summed E-state index contributed by atoms with van der Waals surface area (Å²) in [5.74, 6) is 0. The highest BCUT2D eigenvalue weighted by molar-refractivity contribution is 6.25. The molecular formula is C135H109N3. The monoisotopic (exact) mass is 1770 g/mol. The molecule has 0 saturated heterocycles. The zero-order chi connectivity index (χ0) is 94.5. The number of hydrogen-bond acceptors (Lipinski definition) is 3. The van der Waals surface area contributed by atoms with E-state index < -0.39 is 0 Å². The van der Waals surface area contributed by atoms with Crippen LogP contribution in [0.15, 0.2) is 516 Å². The van der Waals surface area contributed by atoms with Crippen molar-refractivity contribution < 1.29 is 0 Å². The van der Waals surface area contributed by atoms with Gasteiger partial charge in [-0.15, -0.1) is 0 Å². The molecule has 0 saturated carbocycles. The number of nitrogens with zero attached hydrogens (tertiary/aromatic N) is 3. The van der Waals surface area contributed by atoms with Gasteiger partial charge >= 0.3 is 0 Å². The summed E-state index contributed by atoms with van der Waals surface area (Å²) in [4.78, 5) is 14.8. The van der Waals surface area contributed by atoms with Crippen LogP contribution in [0.2, 0.25) is 0 Å². The third-order valence-electron chi connectivity index (χ3n) is 25.4. The van der Waals surface area contributed by atoms with Crippen LogP contribution < -0.4 is 0 Å².